The summed E-state index contributed by atoms with van der Waals surface area (Å²) in [5, 5.41) is 0. The molecule has 5 aliphatic rings. The summed E-state index contributed by atoms with van der Waals surface area (Å²) in [5.74, 6) is 3.65. The number of allylic oxidation sites excluding steroid dienone is 2. The second-order valence-corrected chi connectivity index (χ2v) is 14.8. The summed E-state index contributed by atoms with van der Waals surface area (Å²) in [5.41, 5.74) is 4.58. The van der Waals surface area contributed by atoms with Gasteiger partial charge in [-0.25, -0.2) is 0 Å². The van der Waals surface area contributed by atoms with Gasteiger partial charge in [0.05, 0.1) is 0 Å². The minimum Gasteiger partial charge on any atom is -0.0788 e. The molecule has 0 heteroatoms. The van der Waals surface area contributed by atoms with Crippen molar-refractivity contribution in [2.24, 2.45) is 50.7 Å². The zero-order valence-corrected chi connectivity index (χ0v) is 21.4. The number of fused-ring (bicyclic) bond motifs is 6. The van der Waals surface area contributed by atoms with E-state index in [1.807, 2.05) is 5.57 Å². The van der Waals surface area contributed by atoms with Gasteiger partial charge in [0.25, 0.3) is 0 Å². The molecule has 0 nitrogen and oxygen atoms in total. The zero-order valence-electron chi connectivity index (χ0n) is 21.4. The van der Waals surface area contributed by atoms with E-state index >= 15 is 0 Å². The summed E-state index contributed by atoms with van der Waals surface area (Å²) in [7, 11) is 0. The van der Waals surface area contributed by atoms with Gasteiger partial charge in [-0.1, -0.05) is 73.0 Å². The molecular weight excluding hydrogens is 360 g/mol. The highest BCUT2D eigenvalue weighted by atomic mass is 14.6. The standard InChI is InChI=1S/C30H50/c1-26(2)15-8-17-29(6)22-11-13-25-28(5,20-21(22)10-12-23(26)29)19-14-24-27(3,4)16-9-18-30(24,25)7/h20,22-25H,8-19H2,1-7H3/t22-,23-,24-,25-,28-,29+,30-/m0/s1. The van der Waals surface area contributed by atoms with Crippen molar-refractivity contribution >= 4 is 0 Å². The van der Waals surface area contributed by atoms with Crippen LogP contribution in [0.3, 0.4) is 0 Å². The highest BCUT2D eigenvalue weighted by Gasteiger charge is 2.60. The van der Waals surface area contributed by atoms with Crippen LogP contribution in [0.5, 0.6) is 0 Å². The van der Waals surface area contributed by atoms with Crippen LogP contribution in [0.4, 0.5) is 0 Å². The third-order valence-electron chi connectivity index (χ3n) is 12.3. The molecule has 0 N–H and O–H groups in total. The lowest BCUT2D eigenvalue weighted by atomic mass is 9.43. The quantitative estimate of drug-likeness (QED) is 0.349. The summed E-state index contributed by atoms with van der Waals surface area (Å²) in [6.45, 7) is 18.5. The SMILES string of the molecule is CC1(C)CCC[C@]2(C)[C@H]3CC[C@H]4C(=C[C@]3(C)CC[C@@H]12)CC[C@H]1C(C)(C)CCC[C@]41C. The van der Waals surface area contributed by atoms with E-state index in [2.05, 4.69) is 54.5 Å². The fourth-order valence-corrected chi connectivity index (χ4v) is 11.2. The smallest absolute Gasteiger partial charge is 0.0110 e. The molecule has 0 aromatic heterocycles. The van der Waals surface area contributed by atoms with Crippen LogP contribution in [0.15, 0.2) is 11.6 Å². The first-order chi connectivity index (χ1) is 13.9. The van der Waals surface area contributed by atoms with Crippen LogP contribution < -0.4 is 0 Å². The Morgan fingerprint density at radius 2 is 1.20 bits per heavy atom. The van der Waals surface area contributed by atoms with E-state index in [-0.39, 0.29) is 0 Å². The lowest BCUT2D eigenvalue weighted by Crippen LogP contribution is -2.54. The molecule has 0 radical (unpaired) electrons. The minimum atomic E-state index is 0.454. The predicted octanol–water partition coefficient (Wildman–Crippen LogP) is 9.20. The van der Waals surface area contributed by atoms with Crippen molar-refractivity contribution in [1.82, 2.24) is 0 Å². The lowest BCUT2D eigenvalue weighted by Gasteiger charge is -2.62. The van der Waals surface area contributed by atoms with Gasteiger partial charge in [-0.3, -0.25) is 0 Å². The Morgan fingerprint density at radius 3 is 1.87 bits per heavy atom. The molecule has 30 heavy (non-hydrogen) atoms. The van der Waals surface area contributed by atoms with E-state index in [1.165, 1.54) is 77.0 Å². The molecule has 0 aromatic rings. The molecule has 7 atom stereocenters. The first-order valence-corrected chi connectivity index (χ1v) is 13.6. The number of hydrogen-bond donors (Lipinski definition) is 0. The van der Waals surface area contributed by atoms with Crippen molar-refractivity contribution in [3.8, 4) is 0 Å². The van der Waals surface area contributed by atoms with E-state index in [1.54, 1.807) is 0 Å². The first kappa shape index (κ1) is 21.6. The zero-order chi connectivity index (χ0) is 21.6. The molecule has 170 valence electrons. The van der Waals surface area contributed by atoms with E-state index in [0.29, 0.717) is 27.1 Å². The fraction of sp³-hybridized carbons (Fsp3) is 0.933. The predicted molar refractivity (Wildman–Crippen MR) is 129 cm³/mol. The van der Waals surface area contributed by atoms with Crippen LogP contribution in [0.25, 0.3) is 0 Å². The van der Waals surface area contributed by atoms with Crippen LogP contribution in [0.2, 0.25) is 0 Å². The molecule has 0 amide bonds. The molecule has 0 spiro atoms. The van der Waals surface area contributed by atoms with Gasteiger partial charge in [-0.2, -0.15) is 0 Å². The Kier molecular flexibility index (Phi) is 4.77. The van der Waals surface area contributed by atoms with Crippen molar-refractivity contribution < 1.29 is 0 Å². The van der Waals surface area contributed by atoms with Gasteiger partial charge in [0.2, 0.25) is 0 Å². The maximum Gasteiger partial charge on any atom is -0.0110 e. The third-order valence-corrected chi connectivity index (χ3v) is 12.3. The van der Waals surface area contributed by atoms with Gasteiger partial charge in [0.15, 0.2) is 0 Å². The molecule has 0 aromatic carbocycles. The summed E-state index contributed by atoms with van der Waals surface area (Å²) in [6.07, 6.45) is 20.5. The second kappa shape index (κ2) is 6.63. The molecule has 0 unspecified atom stereocenters. The maximum atomic E-state index is 2.93. The Hall–Kier alpha value is -0.260. The highest BCUT2D eigenvalue weighted by molar-refractivity contribution is 5.25. The van der Waals surface area contributed by atoms with E-state index in [0.717, 1.165) is 23.7 Å². The van der Waals surface area contributed by atoms with E-state index < -0.39 is 0 Å². The average molecular weight is 411 g/mol. The summed E-state index contributed by atoms with van der Waals surface area (Å²) in [4.78, 5) is 0. The number of rotatable bonds is 0. The van der Waals surface area contributed by atoms with Crippen LogP contribution in [0, 0.1) is 50.7 Å². The minimum absolute atomic E-state index is 0.454. The molecule has 0 saturated heterocycles. The van der Waals surface area contributed by atoms with E-state index in [4.69, 9.17) is 0 Å². The molecule has 0 heterocycles. The Bertz CT molecular complexity index is 724. The maximum absolute atomic E-state index is 2.93. The molecular formula is C30H50. The summed E-state index contributed by atoms with van der Waals surface area (Å²) in [6, 6.07) is 0. The normalized spacial score (nSPS) is 52.0. The average Bonchev–Trinajstić information content (AvgIpc) is 2.77. The summed E-state index contributed by atoms with van der Waals surface area (Å²) >= 11 is 0. The Balaban J connectivity index is 1.52. The lowest BCUT2D eigenvalue weighted by molar-refractivity contribution is -0.118. The van der Waals surface area contributed by atoms with E-state index in [9.17, 15) is 0 Å². The van der Waals surface area contributed by atoms with Gasteiger partial charge in [-0.15, -0.1) is 0 Å². The van der Waals surface area contributed by atoms with Crippen molar-refractivity contribution in [3.63, 3.8) is 0 Å². The Labute approximate surface area is 188 Å². The topological polar surface area (TPSA) is 0 Å². The molecule has 0 aliphatic heterocycles. The van der Waals surface area contributed by atoms with Crippen molar-refractivity contribution in [3.05, 3.63) is 11.6 Å². The molecule has 4 saturated carbocycles. The molecule has 4 fully saturated rings. The van der Waals surface area contributed by atoms with Crippen LogP contribution in [-0.2, 0) is 0 Å². The molecule has 5 aliphatic carbocycles. The van der Waals surface area contributed by atoms with Crippen molar-refractivity contribution in [2.75, 3.05) is 0 Å². The van der Waals surface area contributed by atoms with Crippen molar-refractivity contribution in [2.45, 2.75) is 126 Å². The molecule has 0 bridgehead atoms. The van der Waals surface area contributed by atoms with Gasteiger partial charge in [0.1, 0.15) is 0 Å². The van der Waals surface area contributed by atoms with Crippen LogP contribution >= 0.6 is 0 Å². The van der Waals surface area contributed by atoms with Crippen molar-refractivity contribution in [1.29, 1.82) is 0 Å². The number of hydrogen-bond acceptors (Lipinski definition) is 0. The summed E-state index contributed by atoms with van der Waals surface area (Å²) < 4.78 is 0. The van der Waals surface area contributed by atoms with Gasteiger partial charge in [0, 0.05) is 0 Å². The second-order valence-electron chi connectivity index (χ2n) is 14.8. The highest BCUT2D eigenvalue weighted by Crippen LogP contribution is 2.69. The Morgan fingerprint density at radius 1 is 0.600 bits per heavy atom. The monoisotopic (exact) mass is 410 g/mol. The largest absolute Gasteiger partial charge is 0.0788 e. The molecule has 5 rings (SSSR count). The fourth-order valence-electron chi connectivity index (χ4n) is 11.2. The van der Waals surface area contributed by atoms with Crippen LogP contribution in [-0.4, -0.2) is 0 Å². The van der Waals surface area contributed by atoms with Gasteiger partial charge in [-0.05, 0) is 115 Å². The van der Waals surface area contributed by atoms with Gasteiger partial charge >= 0.3 is 0 Å². The first-order valence-electron chi connectivity index (χ1n) is 13.6. The van der Waals surface area contributed by atoms with Gasteiger partial charge < -0.3 is 0 Å². The third kappa shape index (κ3) is 2.90. The van der Waals surface area contributed by atoms with Crippen LogP contribution in [0.1, 0.15) is 126 Å².